The van der Waals surface area contributed by atoms with Gasteiger partial charge in [-0.05, 0) is 49.3 Å². The second kappa shape index (κ2) is 6.50. The molecule has 0 radical (unpaired) electrons. The minimum atomic E-state index is 0.244. The lowest BCUT2D eigenvalue weighted by Crippen LogP contribution is -2.31. The Balaban J connectivity index is 1.70. The molecule has 21 heavy (non-hydrogen) atoms. The molecule has 114 valence electrons. The van der Waals surface area contributed by atoms with E-state index in [-0.39, 0.29) is 6.04 Å². The highest BCUT2D eigenvalue weighted by Gasteiger charge is 2.31. The summed E-state index contributed by atoms with van der Waals surface area (Å²) >= 11 is 0. The zero-order valence-electron chi connectivity index (χ0n) is 12.9. The molecule has 2 fully saturated rings. The Labute approximate surface area is 127 Å². The summed E-state index contributed by atoms with van der Waals surface area (Å²) in [6.45, 7) is 0.910. The summed E-state index contributed by atoms with van der Waals surface area (Å²) in [5, 5.41) is 0. The smallest absolute Gasteiger partial charge is 0.223 e. The average molecular weight is 287 g/mol. The van der Waals surface area contributed by atoms with Crippen LogP contribution in [0.4, 0.5) is 0 Å². The predicted molar refractivity (Wildman–Crippen MR) is 83.3 cm³/mol. The van der Waals surface area contributed by atoms with Crippen molar-refractivity contribution >= 4 is 5.91 Å². The third kappa shape index (κ3) is 3.22. The van der Waals surface area contributed by atoms with Gasteiger partial charge >= 0.3 is 0 Å². The SMILES string of the molecule is COc1cccc(C2CCCN2C(=O)CC2CCCC2)c1. The molecule has 0 bridgehead atoms. The zero-order chi connectivity index (χ0) is 14.7. The normalized spacial score (nSPS) is 22.7. The largest absolute Gasteiger partial charge is 0.497 e. The number of hydrogen-bond acceptors (Lipinski definition) is 2. The number of ether oxygens (including phenoxy) is 1. The Morgan fingerprint density at radius 1 is 1.24 bits per heavy atom. The van der Waals surface area contributed by atoms with E-state index in [9.17, 15) is 4.79 Å². The molecule has 3 rings (SSSR count). The molecule has 1 amide bonds. The van der Waals surface area contributed by atoms with Crippen LogP contribution in [-0.4, -0.2) is 24.5 Å². The lowest BCUT2D eigenvalue weighted by atomic mass is 10.0. The molecule has 1 saturated carbocycles. The first-order valence-corrected chi connectivity index (χ1v) is 8.21. The molecule has 1 aliphatic heterocycles. The van der Waals surface area contributed by atoms with Crippen molar-refractivity contribution in [2.45, 2.75) is 51.0 Å². The number of hydrogen-bond donors (Lipinski definition) is 0. The van der Waals surface area contributed by atoms with Crippen molar-refractivity contribution < 1.29 is 9.53 Å². The third-order valence-corrected chi connectivity index (χ3v) is 4.99. The Kier molecular flexibility index (Phi) is 4.47. The Morgan fingerprint density at radius 3 is 2.81 bits per heavy atom. The van der Waals surface area contributed by atoms with Crippen molar-refractivity contribution in [1.29, 1.82) is 0 Å². The van der Waals surface area contributed by atoms with E-state index in [0.717, 1.165) is 31.6 Å². The minimum Gasteiger partial charge on any atom is -0.497 e. The van der Waals surface area contributed by atoms with Gasteiger partial charge in [0.05, 0.1) is 13.2 Å². The maximum atomic E-state index is 12.6. The van der Waals surface area contributed by atoms with Gasteiger partial charge in [-0.3, -0.25) is 4.79 Å². The maximum Gasteiger partial charge on any atom is 0.223 e. The lowest BCUT2D eigenvalue weighted by Gasteiger charge is -2.26. The van der Waals surface area contributed by atoms with Crippen LogP contribution in [0.2, 0.25) is 0 Å². The Morgan fingerprint density at radius 2 is 2.05 bits per heavy atom. The van der Waals surface area contributed by atoms with E-state index in [0.29, 0.717) is 11.8 Å². The van der Waals surface area contributed by atoms with Gasteiger partial charge in [0.1, 0.15) is 5.75 Å². The first-order valence-electron chi connectivity index (χ1n) is 8.21. The molecule has 1 unspecified atom stereocenters. The van der Waals surface area contributed by atoms with E-state index >= 15 is 0 Å². The second-order valence-corrected chi connectivity index (χ2v) is 6.38. The topological polar surface area (TPSA) is 29.5 Å². The van der Waals surface area contributed by atoms with Crippen LogP contribution in [0, 0.1) is 5.92 Å². The summed E-state index contributed by atoms with van der Waals surface area (Å²) in [6.07, 6.45) is 8.02. The van der Waals surface area contributed by atoms with E-state index in [1.165, 1.54) is 31.2 Å². The first-order chi connectivity index (χ1) is 10.3. The number of methoxy groups -OCH3 is 1. The van der Waals surface area contributed by atoms with Crippen LogP contribution >= 0.6 is 0 Å². The van der Waals surface area contributed by atoms with Crippen LogP contribution in [0.1, 0.15) is 56.6 Å². The standard InChI is InChI=1S/C18H25NO2/c1-21-16-9-4-8-15(13-16)17-10-5-11-19(17)18(20)12-14-6-2-3-7-14/h4,8-9,13-14,17H,2-3,5-7,10-12H2,1H3. The van der Waals surface area contributed by atoms with Crippen LogP contribution in [0.3, 0.4) is 0 Å². The summed E-state index contributed by atoms with van der Waals surface area (Å²) in [5.74, 6) is 1.86. The van der Waals surface area contributed by atoms with Crippen LogP contribution in [-0.2, 0) is 4.79 Å². The van der Waals surface area contributed by atoms with E-state index < -0.39 is 0 Å². The molecule has 1 aliphatic carbocycles. The van der Waals surface area contributed by atoms with Gasteiger partial charge in [-0.15, -0.1) is 0 Å². The Bertz CT molecular complexity index is 494. The van der Waals surface area contributed by atoms with Gasteiger partial charge in [0.25, 0.3) is 0 Å². The molecular formula is C18H25NO2. The zero-order valence-corrected chi connectivity index (χ0v) is 12.9. The minimum absolute atomic E-state index is 0.244. The number of likely N-dealkylation sites (tertiary alicyclic amines) is 1. The number of nitrogens with zero attached hydrogens (tertiary/aromatic N) is 1. The van der Waals surface area contributed by atoms with Gasteiger partial charge in [-0.1, -0.05) is 25.0 Å². The Hall–Kier alpha value is -1.51. The van der Waals surface area contributed by atoms with Gasteiger partial charge in [-0.25, -0.2) is 0 Å². The highest BCUT2D eigenvalue weighted by atomic mass is 16.5. The number of carbonyl (C=O) groups excluding carboxylic acids is 1. The van der Waals surface area contributed by atoms with Crippen LogP contribution in [0.25, 0.3) is 0 Å². The number of rotatable bonds is 4. The van der Waals surface area contributed by atoms with Gasteiger partial charge in [0.15, 0.2) is 0 Å². The van der Waals surface area contributed by atoms with Crippen LogP contribution < -0.4 is 4.74 Å². The highest BCUT2D eigenvalue weighted by molar-refractivity contribution is 5.77. The number of carbonyl (C=O) groups is 1. The van der Waals surface area contributed by atoms with E-state index in [4.69, 9.17) is 4.74 Å². The summed E-state index contributed by atoms with van der Waals surface area (Å²) in [6, 6.07) is 8.42. The van der Waals surface area contributed by atoms with Gasteiger partial charge in [-0.2, -0.15) is 0 Å². The lowest BCUT2D eigenvalue weighted by molar-refractivity contribution is -0.133. The predicted octanol–water partition coefficient (Wildman–Crippen LogP) is 3.94. The molecular weight excluding hydrogens is 262 g/mol. The van der Waals surface area contributed by atoms with E-state index in [2.05, 4.69) is 17.0 Å². The monoisotopic (exact) mass is 287 g/mol. The highest BCUT2D eigenvalue weighted by Crippen LogP contribution is 2.36. The fourth-order valence-corrected chi connectivity index (χ4v) is 3.84. The molecule has 0 aromatic heterocycles. The summed E-state index contributed by atoms with van der Waals surface area (Å²) < 4.78 is 5.31. The molecule has 1 aromatic rings. The summed E-state index contributed by atoms with van der Waals surface area (Å²) in [5.41, 5.74) is 1.21. The van der Waals surface area contributed by atoms with Gasteiger partial charge in [0.2, 0.25) is 5.91 Å². The fourth-order valence-electron chi connectivity index (χ4n) is 3.84. The van der Waals surface area contributed by atoms with Crippen molar-refractivity contribution in [3.8, 4) is 5.75 Å². The van der Waals surface area contributed by atoms with Crippen LogP contribution in [0.5, 0.6) is 5.75 Å². The van der Waals surface area contributed by atoms with Crippen molar-refractivity contribution in [1.82, 2.24) is 4.90 Å². The third-order valence-electron chi connectivity index (χ3n) is 4.99. The molecule has 1 saturated heterocycles. The fraction of sp³-hybridized carbons (Fsp3) is 0.611. The molecule has 3 heteroatoms. The summed E-state index contributed by atoms with van der Waals surface area (Å²) in [4.78, 5) is 14.7. The second-order valence-electron chi connectivity index (χ2n) is 6.38. The number of amides is 1. The average Bonchev–Trinajstić information content (AvgIpc) is 3.18. The molecule has 0 spiro atoms. The molecule has 3 nitrogen and oxygen atoms in total. The maximum absolute atomic E-state index is 12.6. The number of benzene rings is 1. The van der Waals surface area contributed by atoms with Gasteiger partial charge in [0, 0.05) is 13.0 Å². The van der Waals surface area contributed by atoms with Crippen LogP contribution in [0.15, 0.2) is 24.3 Å². The molecule has 2 aliphatic rings. The van der Waals surface area contributed by atoms with Crippen molar-refractivity contribution in [3.05, 3.63) is 29.8 Å². The van der Waals surface area contributed by atoms with E-state index in [1.54, 1.807) is 7.11 Å². The molecule has 1 atom stereocenters. The van der Waals surface area contributed by atoms with Crippen molar-refractivity contribution in [2.75, 3.05) is 13.7 Å². The quantitative estimate of drug-likeness (QED) is 0.839. The summed E-state index contributed by atoms with van der Waals surface area (Å²) in [7, 11) is 1.69. The van der Waals surface area contributed by atoms with Crippen molar-refractivity contribution in [3.63, 3.8) is 0 Å². The first kappa shape index (κ1) is 14.4. The molecule has 1 heterocycles. The molecule has 0 N–H and O–H groups in total. The van der Waals surface area contributed by atoms with Crippen molar-refractivity contribution in [2.24, 2.45) is 5.92 Å². The van der Waals surface area contributed by atoms with Gasteiger partial charge < -0.3 is 9.64 Å². The van der Waals surface area contributed by atoms with E-state index in [1.807, 2.05) is 12.1 Å². The molecule has 1 aromatic carbocycles.